The van der Waals surface area contributed by atoms with E-state index >= 15 is 0 Å². The standard InChI is InChI=1S/C66H54BN3/c1-64(2,3)42-34-35-57(50(36-42)41-22-11-8-12-23-41)69-58-40-55-51(46-28-17-19-32-53(46)65(55,4)5)39-56(58)67-61-52(37-45(38-59(61)69)68(43-24-13-9-14-25-43)44-26-15-10-16-27-44)47-30-21-31-49-60-63(70(67)62(47)49)48-29-18-20-33-54(48)66(60,6)7/h8-40H,1-7H3. The summed E-state index contributed by atoms with van der Waals surface area (Å²) in [5.41, 5.74) is 27.7. The van der Waals surface area contributed by atoms with Gasteiger partial charge in [-0.2, -0.15) is 0 Å². The van der Waals surface area contributed by atoms with Gasteiger partial charge in [-0.05, 0) is 121 Å². The van der Waals surface area contributed by atoms with Gasteiger partial charge in [-0.25, -0.2) is 0 Å². The molecule has 0 atom stereocenters. The topological polar surface area (TPSA) is 11.4 Å². The summed E-state index contributed by atoms with van der Waals surface area (Å²) in [6, 6.07) is 75.9. The zero-order valence-electron chi connectivity index (χ0n) is 41.0. The van der Waals surface area contributed by atoms with Gasteiger partial charge in [0, 0.05) is 72.6 Å². The molecule has 0 unspecified atom stereocenters. The molecule has 0 fully saturated rings. The van der Waals surface area contributed by atoms with Gasteiger partial charge in [0.1, 0.15) is 0 Å². The monoisotopic (exact) mass is 899 g/mol. The van der Waals surface area contributed by atoms with Crippen molar-refractivity contribution in [1.82, 2.24) is 4.48 Å². The second-order valence-electron chi connectivity index (χ2n) is 22.1. The van der Waals surface area contributed by atoms with Gasteiger partial charge < -0.3 is 14.3 Å². The van der Waals surface area contributed by atoms with Crippen LogP contribution in [0.3, 0.4) is 0 Å². The van der Waals surface area contributed by atoms with Crippen molar-refractivity contribution in [1.29, 1.82) is 0 Å². The molecule has 10 aromatic rings. The molecular weight excluding hydrogens is 846 g/mol. The molecule has 4 heteroatoms. The molecule has 2 aliphatic carbocycles. The van der Waals surface area contributed by atoms with E-state index in [1.165, 1.54) is 111 Å². The number of anilines is 6. The van der Waals surface area contributed by atoms with E-state index in [1.54, 1.807) is 0 Å². The van der Waals surface area contributed by atoms with Gasteiger partial charge in [0.2, 0.25) is 0 Å². The smallest absolute Gasteiger partial charge is 0.333 e. The van der Waals surface area contributed by atoms with Crippen LogP contribution in [-0.4, -0.2) is 11.3 Å². The lowest BCUT2D eigenvalue weighted by molar-refractivity contribution is 0.590. The third-order valence-corrected chi connectivity index (χ3v) is 16.5. The van der Waals surface area contributed by atoms with Crippen LogP contribution in [0.2, 0.25) is 0 Å². The SMILES string of the molecule is CC(C)(C)c1ccc(N2c3cc4c(cc3B3c5c(cc(N(c6ccccc6)c6ccccc6)cc52)-c2cccc5c6c(n3c25)-c2ccccc2C6(C)C)-c2ccccc2C4(C)C)c(-c2ccccc2)c1. The number of hydrogen-bond acceptors (Lipinski definition) is 2. The normalized spacial score (nSPS) is 15.0. The van der Waals surface area contributed by atoms with E-state index in [9.17, 15) is 0 Å². The Kier molecular flexibility index (Phi) is 8.45. The van der Waals surface area contributed by atoms with E-state index in [0.717, 1.165) is 17.1 Å². The third kappa shape index (κ3) is 5.53. The van der Waals surface area contributed by atoms with Crippen molar-refractivity contribution in [2.45, 2.75) is 64.7 Å². The van der Waals surface area contributed by atoms with E-state index in [1.807, 2.05) is 0 Å². The summed E-state index contributed by atoms with van der Waals surface area (Å²) in [6.45, 7) is 16.6. The zero-order valence-corrected chi connectivity index (χ0v) is 41.0. The summed E-state index contributed by atoms with van der Waals surface area (Å²) in [7, 11) is 0. The molecule has 3 nitrogen and oxygen atoms in total. The number of aromatic nitrogens is 1. The van der Waals surface area contributed by atoms with Crippen molar-refractivity contribution < 1.29 is 0 Å². The van der Waals surface area contributed by atoms with Crippen LogP contribution in [0.25, 0.3) is 55.5 Å². The first-order valence-electron chi connectivity index (χ1n) is 25.1. The van der Waals surface area contributed by atoms with Crippen molar-refractivity contribution in [3.05, 3.63) is 228 Å². The second kappa shape index (κ2) is 14.4. The van der Waals surface area contributed by atoms with Crippen LogP contribution < -0.4 is 20.7 Å². The summed E-state index contributed by atoms with van der Waals surface area (Å²) in [6.07, 6.45) is 0. The number of fused-ring (bicyclic) bond motifs is 12. The molecule has 0 radical (unpaired) electrons. The Balaban J connectivity index is 1.17. The molecule has 0 saturated carbocycles. The minimum atomic E-state index is -0.209. The minimum absolute atomic E-state index is 0.0531. The van der Waals surface area contributed by atoms with Crippen molar-refractivity contribution >= 4 is 62.8 Å². The molecule has 70 heavy (non-hydrogen) atoms. The second-order valence-corrected chi connectivity index (χ2v) is 22.1. The largest absolute Gasteiger partial charge is 0.375 e. The highest BCUT2D eigenvalue weighted by atomic mass is 15.2. The Hall–Kier alpha value is -7.82. The average Bonchev–Trinajstić information content (AvgIpc) is 3.93. The van der Waals surface area contributed by atoms with Gasteiger partial charge in [0.25, 0.3) is 0 Å². The summed E-state index contributed by atoms with van der Waals surface area (Å²) in [5.74, 6) is 0. The van der Waals surface area contributed by atoms with E-state index in [0.29, 0.717) is 0 Å². The zero-order chi connectivity index (χ0) is 47.4. The lowest BCUT2D eigenvalue weighted by Gasteiger charge is -2.43. The summed E-state index contributed by atoms with van der Waals surface area (Å²) >= 11 is 0. The van der Waals surface area contributed by atoms with Crippen molar-refractivity contribution in [3.63, 3.8) is 0 Å². The number of hydrogen-bond donors (Lipinski definition) is 0. The van der Waals surface area contributed by atoms with Crippen LogP contribution in [0.1, 0.15) is 76.3 Å². The number of para-hydroxylation sites is 3. The van der Waals surface area contributed by atoms with Crippen LogP contribution in [0.15, 0.2) is 200 Å². The van der Waals surface area contributed by atoms with E-state index in [2.05, 4.69) is 263 Å². The maximum atomic E-state index is 2.79. The molecule has 2 aliphatic heterocycles. The molecule has 0 bridgehead atoms. The first kappa shape index (κ1) is 41.2. The van der Waals surface area contributed by atoms with Crippen LogP contribution >= 0.6 is 0 Å². The van der Waals surface area contributed by atoms with Crippen LogP contribution in [0.5, 0.6) is 0 Å². The molecule has 0 N–H and O–H groups in total. The fourth-order valence-electron chi connectivity index (χ4n) is 13.2. The van der Waals surface area contributed by atoms with Gasteiger partial charge in [-0.3, -0.25) is 0 Å². The molecule has 4 aliphatic rings. The van der Waals surface area contributed by atoms with Crippen LogP contribution in [0, 0.1) is 0 Å². The molecule has 0 amide bonds. The minimum Gasteiger partial charge on any atom is -0.375 e. The van der Waals surface area contributed by atoms with Gasteiger partial charge in [0.15, 0.2) is 0 Å². The first-order chi connectivity index (χ1) is 33.9. The summed E-state index contributed by atoms with van der Waals surface area (Å²) < 4.78 is 2.79. The molecule has 3 heterocycles. The Bertz CT molecular complexity index is 3780. The number of nitrogens with zero attached hydrogens (tertiary/aromatic N) is 3. The van der Waals surface area contributed by atoms with Crippen LogP contribution in [0.4, 0.5) is 34.1 Å². The molecule has 0 saturated heterocycles. The van der Waals surface area contributed by atoms with Crippen molar-refractivity contribution in [2.75, 3.05) is 9.80 Å². The predicted octanol–water partition coefficient (Wildman–Crippen LogP) is 16.1. The Labute approximate surface area is 412 Å². The highest BCUT2D eigenvalue weighted by Gasteiger charge is 2.50. The fraction of sp³-hybridized carbons (Fsp3) is 0.152. The lowest BCUT2D eigenvalue weighted by Crippen LogP contribution is -2.57. The highest BCUT2D eigenvalue weighted by Crippen LogP contribution is 2.58. The number of rotatable bonds is 5. The van der Waals surface area contributed by atoms with Crippen LogP contribution in [-0.2, 0) is 16.2 Å². The van der Waals surface area contributed by atoms with E-state index in [-0.39, 0.29) is 23.1 Å². The van der Waals surface area contributed by atoms with Gasteiger partial charge in [-0.15, -0.1) is 0 Å². The molecule has 1 aromatic heterocycles. The summed E-state index contributed by atoms with van der Waals surface area (Å²) in [5, 5.41) is 1.34. The van der Waals surface area contributed by atoms with Gasteiger partial charge in [0.05, 0.1) is 5.69 Å². The molecule has 14 rings (SSSR count). The summed E-state index contributed by atoms with van der Waals surface area (Å²) in [4.78, 5) is 5.12. The first-order valence-corrected chi connectivity index (χ1v) is 25.1. The fourth-order valence-corrected chi connectivity index (χ4v) is 13.2. The van der Waals surface area contributed by atoms with E-state index in [4.69, 9.17) is 0 Å². The molecule has 9 aromatic carbocycles. The third-order valence-electron chi connectivity index (χ3n) is 16.5. The Morgan fingerprint density at radius 2 is 1.06 bits per heavy atom. The maximum Gasteiger partial charge on any atom is 0.333 e. The quantitative estimate of drug-likeness (QED) is 0.160. The van der Waals surface area contributed by atoms with Crippen molar-refractivity contribution in [2.24, 2.45) is 0 Å². The van der Waals surface area contributed by atoms with Gasteiger partial charge in [-0.1, -0.05) is 194 Å². The van der Waals surface area contributed by atoms with Gasteiger partial charge >= 0.3 is 6.85 Å². The Morgan fingerprint density at radius 3 is 1.74 bits per heavy atom. The molecule has 336 valence electrons. The number of benzene rings is 9. The molecule has 0 spiro atoms. The average molecular weight is 900 g/mol. The Morgan fingerprint density at radius 1 is 0.443 bits per heavy atom. The highest BCUT2D eigenvalue weighted by molar-refractivity contribution is 6.90. The van der Waals surface area contributed by atoms with E-state index < -0.39 is 0 Å². The molecular formula is C66H54BN3. The maximum absolute atomic E-state index is 2.79. The predicted molar refractivity (Wildman–Crippen MR) is 296 cm³/mol. The van der Waals surface area contributed by atoms with Crippen molar-refractivity contribution in [3.8, 4) is 44.6 Å². The lowest BCUT2D eigenvalue weighted by atomic mass is 9.44.